The molecule has 0 bridgehead atoms. The van der Waals surface area contributed by atoms with Crippen LogP contribution in [0, 0.1) is 11.8 Å². The van der Waals surface area contributed by atoms with Gasteiger partial charge in [0.15, 0.2) is 0 Å². The zero-order valence-corrected chi connectivity index (χ0v) is 15.2. The monoisotopic (exact) mass is 318 g/mol. The van der Waals surface area contributed by atoms with Gasteiger partial charge in [-0.15, -0.1) is 0 Å². The van der Waals surface area contributed by atoms with Gasteiger partial charge < -0.3 is 5.32 Å². The minimum absolute atomic E-state index is 0.336. The van der Waals surface area contributed by atoms with Crippen LogP contribution in [0.4, 0.5) is 0 Å². The number of hydrogen-bond donors (Lipinski definition) is 1. The molecule has 0 aromatic carbocycles. The number of hydrogen-bond acceptors (Lipinski definition) is 3. The highest BCUT2D eigenvalue weighted by atomic mass is 32.2. The molecule has 0 saturated heterocycles. The van der Waals surface area contributed by atoms with E-state index in [-0.39, 0.29) is 5.25 Å². The van der Waals surface area contributed by atoms with Crippen molar-refractivity contribution in [3.05, 3.63) is 0 Å². The van der Waals surface area contributed by atoms with E-state index in [2.05, 4.69) is 33.0 Å². The van der Waals surface area contributed by atoms with E-state index in [1.165, 1.54) is 12.8 Å². The molecule has 0 aliphatic heterocycles. The van der Waals surface area contributed by atoms with Crippen LogP contribution < -0.4 is 5.32 Å². The van der Waals surface area contributed by atoms with Crippen LogP contribution in [-0.2, 0) is 10.0 Å². The molecule has 0 radical (unpaired) electrons. The van der Waals surface area contributed by atoms with Crippen molar-refractivity contribution >= 4 is 10.0 Å². The van der Waals surface area contributed by atoms with Crippen LogP contribution in [0.1, 0.15) is 60.3 Å². The first-order chi connectivity index (χ1) is 9.73. The van der Waals surface area contributed by atoms with Crippen LogP contribution in [0.15, 0.2) is 0 Å². The summed E-state index contributed by atoms with van der Waals surface area (Å²) >= 11 is 0. The van der Waals surface area contributed by atoms with Gasteiger partial charge in [-0.25, -0.2) is 12.7 Å². The molecule has 1 rings (SSSR count). The molecule has 1 unspecified atom stereocenters. The quantitative estimate of drug-likeness (QED) is 0.637. The lowest BCUT2D eigenvalue weighted by Gasteiger charge is -2.27. The van der Waals surface area contributed by atoms with E-state index in [0.717, 1.165) is 12.8 Å². The molecule has 21 heavy (non-hydrogen) atoms. The van der Waals surface area contributed by atoms with E-state index in [4.69, 9.17) is 0 Å². The van der Waals surface area contributed by atoms with Crippen molar-refractivity contribution in [3.63, 3.8) is 0 Å². The molecule has 4 nitrogen and oxygen atoms in total. The third-order valence-electron chi connectivity index (χ3n) is 4.05. The van der Waals surface area contributed by atoms with Crippen molar-refractivity contribution in [2.24, 2.45) is 11.8 Å². The predicted molar refractivity (Wildman–Crippen MR) is 89.9 cm³/mol. The van der Waals surface area contributed by atoms with E-state index >= 15 is 0 Å². The minimum atomic E-state index is -3.19. The Bertz CT molecular complexity index is 377. The van der Waals surface area contributed by atoms with Gasteiger partial charge in [0, 0.05) is 25.7 Å². The van der Waals surface area contributed by atoms with Crippen LogP contribution in [0.3, 0.4) is 0 Å². The number of nitrogens with one attached hydrogen (secondary N) is 1. The molecule has 0 spiro atoms. The second kappa shape index (κ2) is 8.49. The Morgan fingerprint density at radius 3 is 1.86 bits per heavy atom. The molecule has 1 aliphatic rings. The minimum Gasteiger partial charge on any atom is -0.313 e. The van der Waals surface area contributed by atoms with Crippen LogP contribution in [0.25, 0.3) is 0 Å². The van der Waals surface area contributed by atoms with Gasteiger partial charge in [-0.2, -0.15) is 0 Å². The smallest absolute Gasteiger partial charge is 0.217 e. The number of sulfonamides is 1. The van der Waals surface area contributed by atoms with E-state index in [1.54, 1.807) is 4.31 Å². The first kappa shape index (κ1) is 18.9. The summed E-state index contributed by atoms with van der Waals surface area (Å²) in [6.45, 7) is 12.3. The SMILES string of the molecule is CC(C)CCN(CCC(C)C)S(=O)(=O)C(C)CNC1CC1. The number of nitrogens with zero attached hydrogens (tertiary/aromatic N) is 1. The van der Waals surface area contributed by atoms with Gasteiger partial charge in [0.05, 0.1) is 5.25 Å². The first-order valence-corrected chi connectivity index (χ1v) is 9.96. The van der Waals surface area contributed by atoms with Gasteiger partial charge in [-0.05, 0) is 44.4 Å². The maximum Gasteiger partial charge on any atom is 0.217 e. The molecule has 0 amide bonds. The second-order valence-electron chi connectivity index (χ2n) is 7.30. The van der Waals surface area contributed by atoms with Crippen molar-refractivity contribution in [2.45, 2.75) is 71.6 Å². The zero-order valence-electron chi connectivity index (χ0n) is 14.4. The Balaban J connectivity index is 2.61. The fourth-order valence-electron chi connectivity index (χ4n) is 2.15. The summed E-state index contributed by atoms with van der Waals surface area (Å²) in [5.74, 6) is 1.06. The molecular weight excluding hydrogens is 284 g/mol. The van der Waals surface area contributed by atoms with E-state index in [0.29, 0.717) is 37.5 Å². The molecule has 0 heterocycles. The summed E-state index contributed by atoms with van der Waals surface area (Å²) in [5, 5.41) is 3.01. The van der Waals surface area contributed by atoms with E-state index < -0.39 is 10.0 Å². The summed E-state index contributed by atoms with van der Waals surface area (Å²) in [5.41, 5.74) is 0. The van der Waals surface area contributed by atoms with Gasteiger partial charge in [0.1, 0.15) is 0 Å². The van der Waals surface area contributed by atoms with Crippen molar-refractivity contribution in [1.82, 2.24) is 9.62 Å². The molecule has 1 atom stereocenters. The third kappa shape index (κ3) is 7.11. The maximum atomic E-state index is 12.8. The topological polar surface area (TPSA) is 49.4 Å². The fourth-order valence-corrected chi connectivity index (χ4v) is 3.69. The fraction of sp³-hybridized carbons (Fsp3) is 1.00. The average Bonchev–Trinajstić information content (AvgIpc) is 3.18. The highest BCUT2D eigenvalue weighted by Crippen LogP contribution is 2.20. The molecule has 1 aliphatic carbocycles. The van der Waals surface area contributed by atoms with Crippen LogP contribution in [0.2, 0.25) is 0 Å². The summed E-state index contributed by atoms with van der Waals surface area (Å²) < 4.78 is 27.3. The standard InChI is InChI=1S/C16H34N2O2S/c1-13(2)8-10-18(11-9-14(3)4)21(19,20)15(5)12-17-16-6-7-16/h13-17H,6-12H2,1-5H3. The highest BCUT2D eigenvalue weighted by Gasteiger charge is 2.30. The molecule has 5 heteroatoms. The summed E-state index contributed by atoms with van der Waals surface area (Å²) in [6.07, 6.45) is 4.24. The summed E-state index contributed by atoms with van der Waals surface area (Å²) in [7, 11) is -3.19. The van der Waals surface area contributed by atoms with Crippen molar-refractivity contribution < 1.29 is 8.42 Å². The van der Waals surface area contributed by atoms with Crippen LogP contribution in [0.5, 0.6) is 0 Å². The largest absolute Gasteiger partial charge is 0.313 e. The molecule has 0 aromatic rings. The Labute approximate surface area is 131 Å². The molecule has 1 saturated carbocycles. The number of rotatable bonds is 11. The second-order valence-corrected chi connectivity index (χ2v) is 9.65. The molecule has 1 fully saturated rings. The van der Waals surface area contributed by atoms with Crippen LogP contribution in [-0.4, -0.2) is 43.6 Å². The Kier molecular flexibility index (Phi) is 7.65. The lowest BCUT2D eigenvalue weighted by Crippen LogP contribution is -2.43. The van der Waals surface area contributed by atoms with Crippen molar-refractivity contribution in [3.8, 4) is 0 Å². The lowest BCUT2D eigenvalue weighted by molar-refractivity contribution is 0.352. The summed E-state index contributed by atoms with van der Waals surface area (Å²) in [6, 6.07) is 0.558. The van der Waals surface area contributed by atoms with Crippen LogP contribution >= 0.6 is 0 Å². The van der Waals surface area contributed by atoms with Crippen molar-refractivity contribution in [2.75, 3.05) is 19.6 Å². The summed E-state index contributed by atoms with van der Waals surface area (Å²) in [4.78, 5) is 0. The molecule has 126 valence electrons. The van der Waals surface area contributed by atoms with E-state index in [9.17, 15) is 8.42 Å². The first-order valence-electron chi connectivity index (χ1n) is 8.45. The van der Waals surface area contributed by atoms with Crippen molar-refractivity contribution in [1.29, 1.82) is 0 Å². The van der Waals surface area contributed by atoms with Gasteiger partial charge in [-0.1, -0.05) is 27.7 Å². The predicted octanol–water partition coefficient (Wildman–Crippen LogP) is 2.85. The van der Waals surface area contributed by atoms with Gasteiger partial charge >= 0.3 is 0 Å². The lowest BCUT2D eigenvalue weighted by atomic mass is 10.1. The van der Waals surface area contributed by atoms with Gasteiger partial charge in [0.2, 0.25) is 10.0 Å². The van der Waals surface area contributed by atoms with Gasteiger partial charge in [0.25, 0.3) is 0 Å². The normalized spacial score (nSPS) is 17.9. The Hall–Kier alpha value is -0.130. The Morgan fingerprint density at radius 1 is 1.00 bits per heavy atom. The third-order valence-corrected chi connectivity index (χ3v) is 6.32. The molecule has 1 N–H and O–H groups in total. The molecular formula is C16H34N2O2S. The Morgan fingerprint density at radius 2 is 1.48 bits per heavy atom. The van der Waals surface area contributed by atoms with E-state index in [1.807, 2.05) is 6.92 Å². The molecule has 0 aromatic heterocycles. The zero-order chi connectivity index (χ0) is 16.0. The van der Waals surface area contributed by atoms with Gasteiger partial charge in [-0.3, -0.25) is 0 Å². The average molecular weight is 319 g/mol. The maximum absolute atomic E-state index is 12.8. The highest BCUT2D eigenvalue weighted by molar-refractivity contribution is 7.89.